The maximum absolute atomic E-state index is 3.64. The van der Waals surface area contributed by atoms with Gasteiger partial charge in [-0.25, -0.2) is 0 Å². The van der Waals surface area contributed by atoms with Crippen LogP contribution in [0.25, 0.3) is 0 Å². The van der Waals surface area contributed by atoms with E-state index in [-0.39, 0.29) is 5.41 Å². The van der Waals surface area contributed by atoms with Gasteiger partial charge >= 0.3 is 0 Å². The molecular formula is C19H24BrN. The molecule has 0 aromatic heterocycles. The largest absolute Gasteiger partial charge is 0.310 e. The Morgan fingerprint density at radius 2 is 1.62 bits per heavy atom. The third-order valence-electron chi connectivity index (χ3n) is 3.97. The quantitative estimate of drug-likeness (QED) is 0.749. The van der Waals surface area contributed by atoms with Crippen molar-refractivity contribution >= 4 is 15.9 Å². The lowest BCUT2D eigenvalue weighted by atomic mass is 9.79. The van der Waals surface area contributed by atoms with E-state index in [1.54, 1.807) is 0 Å². The van der Waals surface area contributed by atoms with Crippen LogP contribution in [0.5, 0.6) is 0 Å². The fourth-order valence-electron chi connectivity index (χ4n) is 2.77. The zero-order chi connectivity index (χ0) is 15.3. The highest BCUT2D eigenvalue weighted by atomic mass is 79.9. The zero-order valence-electron chi connectivity index (χ0n) is 13.1. The molecule has 21 heavy (non-hydrogen) atoms. The third kappa shape index (κ3) is 4.69. The van der Waals surface area contributed by atoms with Crippen molar-refractivity contribution in [2.45, 2.75) is 45.2 Å². The molecule has 0 bridgehead atoms. The minimum Gasteiger partial charge on any atom is -0.310 e. The van der Waals surface area contributed by atoms with E-state index in [9.17, 15) is 0 Å². The molecule has 0 fully saturated rings. The first-order valence-electron chi connectivity index (χ1n) is 7.51. The molecular weight excluding hydrogens is 322 g/mol. The average Bonchev–Trinajstić information content (AvgIpc) is 2.47. The van der Waals surface area contributed by atoms with Gasteiger partial charge in [0.05, 0.1) is 0 Å². The van der Waals surface area contributed by atoms with Gasteiger partial charge in [-0.1, -0.05) is 78.3 Å². The Hall–Kier alpha value is -1.12. The molecule has 1 N–H and O–H groups in total. The SMILES string of the molecule is CC(CC(C)(C)c1ccccc1)NCc1ccccc1Br. The summed E-state index contributed by atoms with van der Waals surface area (Å²) in [4.78, 5) is 0. The zero-order valence-corrected chi connectivity index (χ0v) is 14.7. The van der Waals surface area contributed by atoms with Crippen LogP contribution in [-0.4, -0.2) is 6.04 Å². The second kappa shape index (κ2) is 7.24. The summed E-state index contributed by atoms with van der Waals surface area (Å²) in [5, 5.41) is 3.64. The minimum absolute atomic E-state index is 0.182. The summed E-state index contributed by atoms with van der Waals surface area (Å²) in [6.07, 6.45) is 1.11. The first kappa shape index (κ1) is 16.3. The van der Waals surface area contributed by atoms with E-state index < -0.39 is 0 Å². The van der Waals surface area contributed by atoms with E-state index in [0.717, 1.165) is 13.0 Å². The molecule has 2 aromatic carbocycles. The summed E-state index contributed by atoms with van der Waals surface area (Å²) in [5.74, 6) is 0. The van der Waals surface area contributed by atoms with Gasteiger partial charge in [0.15, 0.2) is 0 Å². The van der Waals surface area contributed by atoms with Crippen molar-refractivity contribution in [1.82, 2.24) is 5.32 Å². The molecule has 0 spiro atoms. The summed E-state index contributed by atoms with van der Waals surface area (Å²) >= 11 is 3.60. The van der Waals surface area contributed by atoms with Crippen LogP contribution in [0.2, 0.25) is 0 Å². The highest BCUT2D eigenvalue weighted by molar-refractivity contribution is 9.10. The Morgan fingerprint density at radius 3 is 2.29 bits per heavy atom. The van der Waals surface area contributed by atoms with E-state index in [1.807, 2.05) is 0 Å². The summed E-state index contributed by atoms with van der Waals surface area (Å²) in [5.41, 5.74) is 2.89. The molecule has 0 aliphatic rings. The number of hydrogen-bond donors (Lipinski definition) is 1. The molecule has 0 saturated heterocycles. The van der Waals surface area contributed by atoms with Crippen molar-refractivity contribution in [3.8, 4) is 0 Å². The van der Waals surface area contributed by atoms with Gasteiger partial charge in [0, 0.05) is 17.1 Å². The predicted octanol–water partition coefficient (Wildman–Crippen LogP) is 5.30. The Balaban J connectivity index is 1.93. The summed E-state index contributed by atoms with van der Waals surface area (Å²) < 4.78 is 1.17. The van der Waals surface area contributed by atoms with Crippen molar-refractivity contribution < 1.29 is 0 Å². The minimum atomic E-state index is 0.182. The van der Waals surface area contributed by atoms with Crippen LogP contribution >= 0.6 is 15.9 Å². The van der Waals surface area contributed by atoms with Crippen LogP contribution in [0.15, 0.2) is 59.1 Å². The number of hydrogen-bond acceptors (Lipinski definition) is 1. The summed E-state index contributed by atoms with van der Waals surface area (Å²) in [7, 11) is 0. The van der Waals surface area contributed by atoms with E-state index in [1.165, 1.54) is 15.6 Å². The van der Waals surface area contributed by atoms with Crippen molar-refractivity contribution in [1.29, 1.82) is 0 Å². The summed E-state index contributed by atoms with van der Waals surface area (Å²) in [6.45, 7) is 7.80. The number of benzene rings is 2. The lowest BCUT2D eigenvalue weighted by molar-refractivity contribution is 0.388. The standard InChI is InChI=1S/C19H24BrN/c1-15(21-14-16-9-7-8-12-18(16)20)13-19(2,3)17-10-5-4-6-11-17/h4-12,15,21H,13-14H2,1-3H3. The molecule has 0 heterocycles. The molecule has 0 amide bonds. The van der Waals surface area contributed by atoms with Crippen molar-refractivity contribution in [2.24, 2.45) is 0 Å². The molecule has 2 rings (SSSR count). The van der Waals surface area contributed by atoms with Crippen molar-refractivity contribution in [2.75, 3.05) is 0 Å². The average molecular weight is 346 g/mol. The second-order valence-corrected chi connectivity index (χ2v) is 7.18. The normalized spacial score (nSPS) is 13.1. The van der Waals surface area contributed by atoms with Gasteiger partial charge in [-0.15, -0.1) is 0 Å². The first-order chi connectivity index (χ1) is 9.99. The van der Waals surface area contributed by atoms with Gasteiger partial charge in [-0.05, 0) is 36.0 Å². The molecule has 0 radical (unpaired) electrons. The molecule has 1 unspecified atom stereocenters. The molecule has 1 nitrogen and oxygen atoms in total. The highest BCUT2D eigenvalue weighted by Crippen LogP contribution is 2.28. The third-order valence-corrected chi connectivity index (χ3v) is 4.74. The Bertz CT molecular complexity index is 563. The van der Waals surface area contributed by atoms with E-state index >= 15 is 0 Å². The van der Waals surface area contributed by atoms with Crippen molar-refractivity contribution in [3.05, 3.63) is 70.2 Å². The fraction of sp³-hybridized carbons (Fsp3) is 0.368. The van der Waals surface area contributed by atoms with Crippen LogP contribution in [0, 0.1) is 0 Å². The van der Waals surface area contributed by atoms with Crippen LogP contribution in [0.1, 0.15) is 38.3 Å². The molecule has 2 aromatic rings. The Kier molecular flexibility index (Phi) is 5.60. The van der Waals surface area contributed by atoms with Gasteiger partial charge in [0.2, 0.25) is 0 Å². The van der Waals surface area contributed by atoms with Crippen LogP contribution in [0.4, 0.5) is 0 Å². The number of halogens is 1. The lowest BCUT2D eigenvalue weighted by Gasteiger charge is -2.29. The van der Waals surface area contributed by atoms with Crippen LogP contribution in [0.3, 0.4) is 0 Å². The Morgan fingerprint density at radius 1 is 1.00 bits per heavy atom. The van der Waals surface area contributed by atoms with Gasteiger partial charge in [0.1, 0.15) is 0 Å². The molecule has 0 saturated carbocycles. The molecule has 1 atom stereocenters. The predicted molar refractivity (Wildman–Crippen MR) is 94.5 cm³/mol. The van der Waals surface area contributed by atoms with Crippen LogP contribution in [-0.2, 0) is 12.0 Å². The maximum atomic E-state index is 3.64. The maximum Gasteiger partial charge on any atom is 0.0220 e. The van der Waals surface area contributed by atoms with Gasteiger partial charge in [0.25, 0.3) is 0 Å². The topological polar surface area (TPSA) is 12.0 Å². The molecule has 2 heteroatoms. The van der Waals surface area contributed by atoms with E-state index in [0.29, 0.717) is 6.04 Å². The number of rotatable bonds is 6. The van der Waals surface area contributed by atoms with E-state index in [4.69, 9.17) is 0 Å². The van der Waals surface area contributed by atoms with Gasteiger partial charge in [-0.3, -0.25) is 0 Å². The molecule has 0 aliphatic carbocycles. The van der Waals surface area contributed by atoms with E-state index in [2.05, 4.69) is 96.6 Å². The van der Waals surface area contributed by atoms with Gasteiger partial charge in [-0.2, -0.15) is 0 Å². The Labute approximate surface area is 136 Å². The monoisotopic (exact) mass is 345 g/mol. The lowest BCUT2D eigenvalue weighted by Crippen LogP contribution is -2.33. The van der Waals surface area contributed by atoms with Crippen molar-refractivity contribution in [3.63, 3.8) is 0 Å². The fourth-order valence-corrected chi connectivity index (χ4v) is 3.20. The van der Waals surface area contributed by atoms with Gasteiger partial charge < -0.3 is 5.32 Å². The highest BCUT2D eigenvalue weighted by Gasteiger charge is 2.22. The van der Waals surface area contributed by atoms with Crippen LogP contribution < -0.4 is 5.32 Å². The second-order valence-electron chi connectivity index (χ2n) is 6.33. The number of nitrogens with one attached hydrogen (secondary N) is 1. The first-order valence-corrected chi connectivity index (χ1v) is 8.30. The molecule has 0 aliphatic heterocycles. The smallest absolute Gasteiger partial charge is 0.0220 e. The molecule has 112 valence electrons. The summed E-state index contributed by atoms with van der Waals surface area (Å²) in [6, 6.07) is 19.6.